The molecule has 1 aromatic carbocycles. The second-order valence-corrected chi connectivity index (χ2v) is 7.27. The van der Waals surface area contributed by atoms with E-state index in [1.807, 2.05) is 19.9 Å². The molecule has 0 aliphatic carbocycles. The third-order valence-electron chi connectivity index (χ3n) is 4.24. The average molecular weight is 359 g/mol. The standard InChI is InChI=1S/C17H17N3O4S/c1-9-6-18-14(10(2)16(9)22-3)8-25(21)17-19-12-4-11-7-23-24-15(11)5-13(12)20-17/h4-6H,7-8H2,1-3H3,(H,19,20). The molecular formula is C17H17N3O4S. The van der Waals surface area contributed by atoms with Gasteiger partial charge in [-0.3, -0.25) is 9.19 Å². The van der Waals surface area contributed by atoms with Crippen molar-refractivity contribution in [2.24, 2.45) is 0 Å². The minimum Gasteiger partial charge on any atom is -0.496 e. The maximum Gasteiger partial charge on any atom is 0.197 e. The molecule has 0 fully saturated rings. The normalized spacial score (nSPS) is 14.4. The first-order valence-corrected chi connectivity index (χ1v) is 9.08. The molecule has 1 aliphatic rings. The van der Waals surface area contributed by atoms with E-state index in [2.05, 4.69) is 15.0 Å². The highest BCUT2D eigenvalue weighted by molar-refractivity contribution is 7.84. The summed E-state index contributed by atoms with van der Waals surface area (Å²) in [6, 6.07) is 3.69. The molecule has 130 valence electrons. The van der Waals surface area contributed by atoms with Crippen molar-refractivity contribution in [3.63, 3.8) is 0 Å². The Labute approximate surface area is 146 Å². The van der Waals surface area contributed by atoms with Crippen LogP contribution in [0.25, 0.3) is 11.0 Å². The molecule has 3 heterocycles. The van der Waals surface area contributed by atoms with Crippen LogP contribution < -0.4 is 9.62 Å². The van der Waals surface area contributed by atoms with Gasteiger partial charge in [-0.05, 0) is 19.9 Å². The predicted octanol–water partition coefficient (Wildman–Crippen LogP) is 2.72. The molecule has 3 aromatic rings. The van der Waals surface area contributed by atoms with Gasteiger partial charge in [0.2, 0.25) is 0 Å². The van der Waals surface area contributed by atoms with E-state index in [-0.39, 0.29) is 5.75 Å². The number of ether oxygens (including phenoxy) is 1. The average Bonchev–Trinajstić information content (AvgIpc) is 3.21. The van der Waals surface area contributed by atoms with Gasteiger partial charge in [0.25, 0.3) is 0 Å². The maximum absolute atomic E-state index is 12.8. The van der Waals surface area contributed by atoms with Crippen LogP contribution in [0.4, 0.5) is 0 Å². The van der Waals surface area contributed by atoms with Crippen LogP contribution in [0, 0.1) is 13.8 Å². The van der Waals surface area contributed by atoms with Crippen LogP contribution in [0.1, 0.15) is 22.4 Å². The number of pyridine rings is 1. The number of aromatic nitrogens is 3. The van der Waals surface area contributed by atoms with Gasteiger partial charge in [0, 0.05) is 29.0 Å². The molecular weight excluding hydrogens is 342 g/mol. The van der Waals surface area contributed by atoms with Gasteiger partial charge in [0.1, 0.15) is 12.4 Å². The number of fused-ring (bicyclic) bond motifs is 2. The zero-order valence-electron chi connectivity index (χ0n) is 14.1. The molecule has 0 saturated carbocycles. The van der Waals surface area contributed by atoms with Crippen molar-refractivity contribution < 1.29 is 18.7 Å². The molecule has 1 atom stereocenters. The molecule has 7 nitrogen and oxygen atoms in total. The fourth-order valence-electron chi connectivity index (χ4n) is 2.92. The van der Waals surface area contributed by atoms with Crippen LogP contribution in [-0.4, -0.2) is 26.3 Å². The highest BCUT2D eigenvalue weighted by Crippen LogP contribution is 2.31. The van der Waals surface area contributed by atoms with E-state index >= 15 is 0 Å². The maximum atomic E-state index is 12.8. The number of benzene rings is 1. The minimum absolute atomic E-state index is 0.265. The lowest BCUT2D eigenvalue weighted by molar-refractivity contribution is -0.194. The Morgan fingerprint density at radius 1 is 1.36 bits per heavy atom. The lowest BCUT2D eigenvalue weighted by Crippen LogP contribution is -2.05. The number of rotatable bonds is 4. The van der Waals surface area contributed by atoms with Crippen molar-refractivity contribution in [1.29, 1.82) is 0 Å². The molecule has 0 amide bonds. The fraction of sp³-hybridized carbons (Fsp3) is 0.294. The Balaban J connectivity index is 1.64. The van der Waals surface area contributed by atoms with Crippen molar-refractivity contribution in [3.8, 4) is 11.5 Å². The van der Waals surface area contributed by atoms with E-state index in [0.29, 0.717) is 23.0 Å². The van der Waals surface area contributed by atoms with Crippen LogP contribution >= 0.6 is 0 Å². The highest BCUT2D eigenvalue weighted by atomic mass is 32.2. The minimum atomic E-state index is -1.35. The highest BCUT2D eigenvalue weighted by Gasteiger charge is 2.19. The van der Waals surface area contributed by atoms with Crippen LogP contribution in [0.3, 0.4) is 0 Å². The van der Waals surface area contributed by atoms with Crippen molar-refractivity contribution in [1.82, 2.24) is 15.0 Å². The third kappa shape index (κ3) is 2.77. The molecule has 1 unspecified atom stereocenters. The molecule has 0 bridgehead atoms. The number of aryl methyl sites for hydroxylation is 1. The van der Waals surface area contributed by atoms with Gasteiger partial charge in [-0.1, -0.05) is 0 Å². The summed E-state index contributed by atoms with van der Waals surface area (Å²) in [6.07, 6.45) is 1.74. The lowest BCUT2D eigenvalue weighted by Gasteiger charge is -2.11. The molecule has 0 radical (unpaired) electrons. The fourth-order valence-corrected chi connectivity index (χ4v) is 4.02. The smallest absolute Gasteiger partial charge is 0.197 e. The number of H-pyrrole nitrogens is 1. The van der Waals surface area contributed by atoms with Gasteiger partial charge in [-0.15, -0.1) is 0 Å². The second-order valence-electron chi connectivity index (χ2n) is 5.90. The number of hydrogen-bond donors (Lipinski definition) is 1. The molecule has 4 rings (SSSR count). The van der Waals surface area contributed by atoms with Gasteiger partial charge >= 0.3 is 0 Å². The first-order chi connectivity index (χ1) is 12.1. The van der Waals surface area contributed by atoms with Crippen LogP contribution in [-0.2, 0) is 28.0 Å². The number of nitrogens with zero attached hydrogens (tertiary/aromatic N) is 2. The van der Waals surface area contributed by atoms with Crippen LogP contribution in [0.5, 0.6) is 11.5 Å². The van der Waals surface area contributed by atoms with Gasteiger partial charge < -0.3 is 14.6 Å². The molecule has 0 spiro atoms. The molecule has 25 heavy (non-hydrogen) atoms. The van der Waals surface area contributed by atoms with Crippen molar-refractivity contribution >= 4 is 21.8 Å². The summed E-state index contributed by atoms with van der Waals surface area (Å²) in [5, 5.41) is 0.417. The summed E-state index contributed by atoms with van der Waals surface area (Å²) in [5.74, 6) is 1.69. The number of imidazole rings is 1. The number of nitrogens with one attached hydrogen (secondary N) is 1. The Morgan fingerprint density at radius 2 is 2.20 bits per heavy atom. The van der Waals surface area contributed by atoms with E-state index in [4.69, 9.17) is 14.5 Å². The van der Waals surface area contributed by atoms with E-state index < -0.39 is 10.8 Å². The summed E-state index contributed by atoms with van der Waals surface area (Å²) in [6.45, 7) is 4.25. The predicted molar refractivity (Wildman–Crippen MR) is 91.9 cm³/mol. The summed E-state index contributed by atoms with van der Waals surface area (Å²) < 4.78 is 18.2. The summed E-state index contributed by atoms with van der Waals surface area (Å²) in [7, 11) is 0.277. The number of hydrogen-bond acceptors (Lipinski definition) is 6. The summed E-state index contributed by atoms with van der Waals surface area (Å²) in [5.41, 5.74) is 5.03. The topological polar surface area (TPSA) is 86.3 Å². The second kappa shape index (κ2) is 6.12. The van der Waals surface area contributed by atoms with Gasteiger partial charge in [-0.25, -0.2) is 4.98 Å². The molecule has 1 aliphatic heterocycles. The molecule has 1 N–H and O–H groups in total. The number of methoxy groups -OCH3 is 1. The van der Waals surface area contributed by atoms with E-state index in [1.54, 1.807) is 19.4 Å². The van der Waals surface area contributed by atoms with E-state index in [9.17, 15) is 4.21 Å². The Kier molecular flexibility index (Phi) is 3.93. The first-order valence-electron chi connectivity index (χ1n) is 7.76. The van der Waals surface area contributed by atoms with Crippen LogP contribution in [0.15, 0.2) is 23.5 Å². The summed E-state index contributed by atoms with van der Waals surface area (Å²) in [4.78, 5) is 22.0. The van der Waals surface area contributed by atoms with E-state index in [1.165, 1.54) is 0 Å². The Morgan fingerprint density at radius 3 is 3.00 bits per heavy atom. The zero-order valence-corrected chi connectivity index (χ0v) is 14.9. The number of aromatic amines is 1. The SMILES string of the molecule is COc1c(C)cnc(CS(=O)c2nc3cc4c(cc3[nH]2)COO4)c1C. The molecule has 8 heteroatoms. The van der Waals surface area contributed by atoms with Crippen molar-refractivity contribution in [3.05, 3.63) is 40.7 Å². The van der Waals surface area contributed by atoms with Crippen molar-refractivity contribution in [2.75, 3.05) is 7.11 Å². The quantitative estimate of drug-likeness (QED) is 0.721. The van der Waals surface area contributed by atoms with Crippen LogP contribution in [0.2, 0.25) is 0 Å². The Hall–Kier alpha value is -2.45. The lowest BCUT2D eigenvalue weighted by atomic mass is 10.1. The van der Waals surface area contributed by atoms with Gasteiger partial charge in [-0.2, -0.15) is 4.89 Å². The van der Waals surface area contributed by atoms with E-state index in [0.717, 1.165) is 33.7 Å². The van der Waals surface area contributed by atoms with Crippen molar-refractivity contribution in [2.45, 2.75) is 31.4 Å². The monoisotopic (exact) mass is 359 g/mol. The molecule has 0 saturated heterocycles. The zero-order chi connectivity index (χ0) is 17.6. The van der Waals surface area contributed by atoms with Gasteiger partial charge in [0.05, 0.1) is 40.4 Å². The Bertz CT molecular complexity index is 958. The largest absolute Gasteiger partial charge is 0.496 e. The van der Waals surface area contributed by atoms with Gasteiger partial charge in [0.15, 0.2) is 10.9 Å². The summed E-state index contributed by atoms with van der Waals surface area (Å²) >= 11 is 0. The first kappa shape index (κ1) is 16.0. The molecule has 2 aromatic heterocycles. The third-order valence-corrected chi connectivity index (χ3v) is 5.40.